The number of hydrogen-bond donors (Lipinski definition) is 0. The molecule has 0 amide bonds. The summed E-state index contributed by atoms with van der Waals surface area (Å²) >= 11 is 0. The van der Waals surface area contributed by atoms with Crippen molar-refractivity contribution in [1.82, 2.24) is 0 Å². The molecule has 0 heterocycles. The molecule has 82 valence electrons. The number of nitrogens with zero attached hydrogens (tertiary/aromatic N) is 1. The van der Waals surface area contributed by atoms with Crippen molar-refractivity contribution in [3.8, 4) is 0 Å². The van der Waals surface area contributed by atoms with Crippen LogP contribution >= 0.6 is 0 Å². The van der Waals surface area contributed by atoms with Crippen molar-refractivity contribution in [3.63, 3.8) is 0 Å². The normalized spacial score (nSPS) is 11.9. The highest BCUT2D eigenvalue weighted by Gasteiger charge is 2.08. The fourth-order valence-corrected chi connectivity index (χ4v) is 1.54. The maximum atomic E-state index is 5.07. The highest BCUT2D eigenvalue weighted by atomic mass is 16.6. The van der Waals surface area contributed by atoms with Gasteiger partial charge in [0.15, 0.2) is 0 Å². The Kier molecular flexibility index (Phi) is 4.35. The van der Waals surface area contributed by atoms with Crippen LogP contribution in [-0.4, -0.2) is 12.3 Å². The minimum atomic E-state index is 0.507. The van der Waals surface area contributed by atoms with Crippen molar-refractivity contribution in [2.24, 2.45) is 5.16 Å². The predicted octanol–water partition coefficient (Wildman–Crippen LogP) is 3.57. The van der Waals surface area contributed by atoms with Gasteiger partial charge in [0.2, 0.25) is 0 Å². The largest absolute Gasteiger partial charge is 0.396 e. The lowest BCUT2D eigenvalue weighted by molar-refractivity contribution is 0.159. The van der Waals surface area contributed by atoms with Gasteiger partial charge in [-0.15, -0.1) is 0 Å². The summed E-state index contributed by atoms with van der Waals surface area (Å²) in [7, 11) is 0. The van der Waals surface area contributed by atoms with E-state index in [-0.39, 0.29) is 0 Å². The second kappa shape index (κ2) is 5.54. The fraction of sp³-hybridized carbons (Fsp3) is 0.462. The van der Waals surface area contributed by atoms with Gasteiger partial charge in [0.1, 0.15) is 6.61 Å². The average Bonchev–Trinajstić information content (AvgIpc) is 2.25. The molecule has 0 aliphatic heterocycles. The molecule has 0 atom stereocenters. The standard InChI is InChI=1S/C13H19NO/c1-5-15-14-11(4)13-9-7-6-8-12(13)10(2)3/h6-10H,5H2,1-4H3/b14-11+. The SMILES string of the molecule is CCO/N=C(\C)c1ccccc1C(C)C. The van der Waals surface area contributed by atoms with Crippen molar-refractivity contribution in [2.75, 3.05) is 6.61 Å². The molecule has 0 aliphatic rings. The summed E-state index contributed by atoms with van der Waals surface area (Å²) in [6, 6.07) is 8.33. The molecule has 0 aliphatic carbocycles. The smallest absolute Gasteiger partial charge is 0.114 e. The van der Waals surface area contributed by atoms with Crippen molar-refractivity contribution in [2.45, 2.75) is 33.6 Å². The Morgan fingerprint density at radius 1 is 1.33 bits per heavy atom. The molecule has 0 spiro atoms. The van der Waals surface area contributed by atoms with Crippen LogP contribution in [0.2, 0.25) is 0 Å². The summed E-state index contributed by atoms with van der Waals surface area (Å²) in [6.45, 7) is 8.91. The first-order valence-corrected chi connectivity index (χ1v) is 5.42. The van der Waals surface area contributed by atoms with Gasteiger partial charge < -0.3 is 4.84 Å². The zero-order valence-corrected chi connectivity index (χ0v) is 9.95. The molecular weight excluding hydrogens is 186 g/mol. The second-order valence-electron chi connectivity index (χ2n) is 3.84. The first-order valence-electron chi connectivity index (χ1n) is 5.42. The van der Waals surface area contributed by atoms with E-state index in [1.165, 1.54) is 11.1 Å². The summed E-state index contributed by atoms with van der Waals surface area (Å²) in [5.41, 5.74) is 3.44. The lowest BCUT2D eigenvalue weighted by atomic mass is 9.95. The van der Waals surface area contributed by atoms with Crippen LogP contribution in [0.4, 0.5) is 0 Å². The van der Waals surface area contributed by atoms with Crippen LogP contribution in [0.1, 0.15) is 44.7 Å². The van der Waals surface area contributed by atoms with E-state index in [1.807, 2.05) is 19.9 Å². The Bertz CT molecular complexity index is 342. The quantitative estimate of drug-likeness (QED) is 0.544. The van der Waals surface area contributed by atoms with E-state index in [9.17, 15) is 0 Å². The Morgan fingerprint density at radius 2 is 2.00 bits per heavy atom. The van der Waals surface area contributed by atoms with E-state index in [0.29, 0.717) is 12.5 Å². The van der Waals surface area contributed by atoms with Gasteiger partial charge in [-0.25, -0.2) is 0 Å². The Hall–Kier alpha value is -1.31. The molecular formula is C13H19NO. The van der Waals surface area contributed by atoms with E-state index in [4.69, 9.17) is 4.84 Å². The molecule has 0 saturated heterocycles. The molecule has 2 nitrogen and oxygen atoms in total. The Morgan fingerprint density at radius 3 is 2.60 bits per heavy atom. The monoisotopic (exact) mass is 205 g/mol. The van der Waals surface area contributed by atoms with E-state index < -0.39 is 0 Å². The molecule has 0 fully saturated rings. The Labute approximate surface area is 91.9 Å². The molecule has 2 heteroatoms. The number of hydrogen-bond acceptors (Lipinski definition) is 2. The van der Waals surface area contributed by atoms with Gasteiger partial charge in [0, 0.05) is 5.56 Å². The van der Waals surface area contributed by atoms with Gasteiger partial charge >= 0.3 is 0 Å². The van der Waals surface area contributed by atoms with Crippen molar-refractivity contribution in [1.29, 1.82) is 0 Å². The van der Waals surface area contributed by atoms with Crippen LogP contribution in [0.5, 0.6) is 0 Å². The van der Waals surface area contributed by atoms with Crippen molar-refractivity contribution >= 4 is 5.71 Å². The molecule has 0 unspecified atom stereocenters. The summed E-state index contributed by atoms with van der Waals surface area (Å²) in [4.78, 5) is 5.07. The van der Waals surface area contributed by atoms with Crippen LogP contribution in [-0.2, 0) is 4.84 Å². The van der Waals surface area contributed by atoms with E-state index in [1.54, 1.807) is 0 Å². The van der Waals surface area contributed by atoms with E-state index in [0.717, 1.165) is 5.71 Å². The summed E-state index contributed by atoms with van der Waals surface area (Å²) in [6.07, 6.45) is 0. The zero-order valence-electron chi connectivity index (χ0n) is 9.95. The number of oxime groups is 1. The van der Waals surface area contributed by atoms with Gasteiger partial charge in [0.25, 0.3) is 0 Å². The van der Waals surface area contributed by atoms with Gasteiger partial charge in [0.05, 0.1) is 5.71 Å². The molecule has 0 aromatic heterocycles. The fourth-order valence-electron chi connectivity index (χ4n) is 1.54. The van der Waals surface area contributed by atoms with Gasteiger partial charge in [-0.3, -0.25) is 0 Å². The lowest BCUT2D eigenvalue weighted by Crippen LogP contribution is -2.03. The Balaban J connectivity index is 3.02. The third-order valence-electron chi connectivity index (χ3n) is 2.30. The number of rotatable bonds is 4. The van der Waals surface area contributed by atoms with Gasteiger partial charge in [-0.2, -0.15) is 0 Å². The lowest BCUT2D eigenvalue weighted by Gasteiger charge is -2.11. The minimum Gasteiger partial charge on any atom is -0.396 e. The molecule has 0 N–H and O–H groups in total. The summed E-state index contributed by atoms with van der Waals surface area (Å²) < 4.78 is 0. The van der Waals surface area contributed by atoms with E-state index in [2.05, 4.69) is 37.2 Å². The third-order valence-corrected chi connectivity index (χ3v) is 2.30. The van der Waals surface area contributed by atoms with E-state index >= 15 is 0 Å². The molecule has 15 heavy (non-hydrogen) atoms. The van der Waals surface area contributed by atoms with Crippen molar-refractivity contribution in [3.05, 3.63) is 35.4 Å². The van der Waals surface area contributed by atoms with Crippen LogP contribution in [0.25, 0.3) is 0 Å². The van der Waals surface area contributed by atoms with Gasteiger partial charge in [-0.05, 0) is 25.3 Å². The minimum absolute atomic E-state index is 0.507. The average molecular weight is 205 g/mol. The topological polar surface area (TPSA) is 21.6 Å². The molecule has 1 aromatic rings. The summed E-state index contributed by atoms with van der Waals surface area (Å²) in [5.74, 6) is 0.507. The first-order chi connectivity index (χ1) is 7.16. The van der Waals surface area contributed by atoms with Crippen LogP contribution < -0.4 is 0 Å². The predicted molar refractivity (Wildman–Crippen MR) is 64.4 cm³/mol. The maximum Gasteiger partial charge on any atom is 0.114 e. The molecule has 1 rings (SSSR count). The highest BCUT2D eigenvalue weighted by Crippen LogP contribution is 2.19. The van der Waals surface area contributed by atoms with Crippen LogP contribution in [0.3, 0.4) is 0 Å². The van der Waals surface area contributed by atoms with Crippen molar-refractivity contribution < 1.29 is 4.84 Å². The molecule has 0 bridgehead atoms. The molecule has 0 saturated carbocycles. The first kappa shape index (κ1) is 11.8. The summed E-state index contributed by atoms with van der Waals surface area (Å²) in [5, 5.41) is 4.07. The van der Waals surface area contributed by atoms with Crippen LogP contribution in [0, 0.1) is 0 Å². The number of benzene rings is 1. The zero-order chi connectivity index (χ0) is 11.3. The third kappa shape index (κ3) is 3.08. The maximum absolute atomic E-state index is 5.07. The molecule has 0 radical (unpaired) electrons. The highest BCUT2D eigenvalue weighted by molar-refractivity contribution is 5.99. The second-order valence-corrected chi connectivity index (χ2v) is 3.84. The van der Waals surface area contributed by atoms with Crippen LogP contribution in [0.15, 0.2) is 29.4 Å². The van der Waals surface area contributed by atoms with Gasteiger partial charge in [-0.1, -0.05) is 43.3 Å². The molecule has 1 aromatic carbocycles.